The van der Waals surface area contributed by atoms with Gasteiger partial charge in [-0.2, -0.15) is 18.2 Å². The summed E-state index contributed by atoms with van der Waals surface area (Å²) in [6.45, 7) is 1.35. The van der Waals surface area contributed by atoms with E-state index in [4.69, 9.17) is 15.2 Å². The highest BCUT2D eigenvalue weighted by molar-refractivity contribution is 5.92. The molecule has 0 amide bonds. The molecule has 2 aliphatic heterocycles. The summed E-state index contributed by atoms with van der Waals surface area (Å²) in [5, 5.41) is 11.7. The number of hydrogen-bond donors (Lipinski definition) is 1. The zero-order valence-corrected chi connectivity index (χ0v) is 20.3. The number of methoxy groups -OCH3 is 1. The van der Waals surface area contributed by atoms with E-state index in [-0.39, 0.29) is 46.5 Å². The molecule has 4 aromatic rings. The zero-order valence-electron chi connectivity index (χ0n) is 20.3. The lowest BCUT2D eigenvalue weighted by molar-refractivity contribution is -0.164. The molecule has 2 aliphatic rings. The van der Waals surface area contributed by atoms with E-state index in [9.17, 15) is 13.2 Å². The van der Waals surface area contributed by atoms with Gasteiger partial charge in [0.2, 0.25) is 11.8 Å². The normalized spacial score (nSPS) is 21.3. The molecule has 10 nitrogen and oxygen atoms in total. The van der Waals surface area contributed by atoms with Gasteiger partial charge >= 0.3 is 6.18 Å². The predicted octanol–water partition coefficient (Wildman–Crippen LogP) is 3.29. The lowest BCUT2D eigenvalue weighted by atomic mass is 9.90. The average Bonchev–Trinajstić information content (AvgIpc) is 3.48. The first kappa shape index (κ1) is 24.7. The summed E-state index contributed by atoms with van der Waals surface area (Å²) in [6, 6.07) is 2.50. The molecule has 6 rings (SSSR count). The van der Waals surface area contributed by atoms with Gasteiger partial charge in [-0.3, -0.25) is 4.90 Å². The molecule has 2 N–H and O–H groups in total. The lowest BCUT2D eigenvalue weighted by Crippen LogP contribution is -2.48. The minimum atomic E-state index is -4.57. The Morgan fingerprint density at radius 3 is 2.66 bits per heavy atom. The largest absolute Gasteiger partial charge is 0.479 e. The van der Waals surface area contributed by atoms with Gasteiger partial charge in [-0.1, -0.05) is 11.3 Å². The standard InChI is InChI=1S/C23H23F5N8O2/c1-11(23(26,27)28)36-17-5-12(3-4-16(17)31-33-36)18-14(6-35-19(18)20(37-2)30-21(29)32-35)15-7-34(10-22(15,24)25)13-8-38-9-13/h3-6,11,13,15H,7-10H2,1-2H3,(H2,29,32)/t11-,15-/m0/s1. The molecule has 0 bridgehead atoms. The van der Waals surface area contributed by atoms with Crippen LogP contribution in [0.1, 0.15) is 24.4 Å². The van der Waals surface area contributed by atoms with Gasteiger partial charge in [-0.05, 0) is 30.2 Å². The second-order valence-electron chi connectivity index (χ2n) is 9.62. The number of aromatic nitrogens is 6. The second-order valence-corrected chi connectivity index (χ2v) is 9.62. The first-order valence-corrected chi connectivity index (χ1v) is 11.8. The van der Waals surface area contributed by atoms with Gasteiger partial charge in [-0.15, -0.1) is 10.2 Å². The fourth-order valence-corrected chi connectivity index (χ4v) is 5.16. The maximum absolute atomic E-state index is 15.5. The Kier molecular flexibility index (Phi) is 5.51. The highest BCUT2D eigenvalue weighted by Crippen LogP contribution is 2.48. The third kappa shape index (κ3) is 3.83. The predicted molar refractivity (Wildman–Crippen MR) is 125 cm³/mol. The first-order valence-electron chi connectivity index (χ1n) is 11.8. The Morgan fingerprint density at radius 2 is 2.00 bits per heavy atom. The van der Waals surface area contributed by atoms with Crippen molar-refractivity contribution in [2.24, 2.45) is 0 Å². The van der Waals surface area contributed by atoms with Crippen LogP contribution in [0.2, 0.25) is 0 Å². The summed E-state index contributed by atoms with van der Waals surface area (Å²) in [4.78, 5) is 5.81. The van der Waals surface area contributed by atoms with Crippen LogP contribution in [0.3, 0.4) is 0 Å². The van der Waals surface area contributed by atoms with Crippen molar-refractivity contribution in [2.45, 2.75) is 37.0 Å². The Bertz CT molecular complexity index is 1530. The molecule has 0 saturated carbocycles. The van der Waals surface area contributed by atoms with Gasteiger partial charge in [0, 0.05) is 18.3 Å². The fourth-order valence-electron chi connectivity index (χ4n) is 5.16. The smallest absolute Gasteiger partial charge is 0.410 e. The monoisotopic (exact) mass is 538 g/mol. The number of nitrogens with two attached hydrogens (primary N) is 1. The van der Waals surface area contributed by atoms with E-state index in [0.717, 1.165) is 11.6 Å². The van der Waals surface area contributed by atoms with Gasteiger partial charge in [0.05, 0.1) is 44.3 Å². The maximum atomic E-state index is 15.5. The summed E-state index contributed by atoms with van der Waals surface area (Å²) in [6.07, 6.45) is -3.11. The summed E-state index contributed by atoms with van der Waals surface area (Å²) >= 11 is 0. The van der Waals surface area contributed by atoms with Crippen molar-refractivity contribution < 1.29 is 31.4 Å². The van der Waals surface area contributed by atoms with E-state index in [1.807, 2.05) is 0 Å². The molecule has 38 heavy (non-hydrogen) atoms. The minimum absolute atomic E-state index is 0.0414. The number of benzene rings is 1. The van der Waals surface area contributed by atoms with Crippen molar-refractivity contribution in [2.75, 3.05) is 39.1 Å². The maximum Gasteiger partial charge on any atom is 0.410 e. The summed E-state index contributed by atoms with van der Waals surface area (Å²) < 4.78 is 84.3. The quantitative estimate of drug-likeness (QED) is 0.386. The number of fused-ring (bicyclic) bond motifs is 2. The molecule has 0 spiro atoms. The zero-order chi connectivity index (χ0) is 27.0. The summed E-state index contributed by atoms with van der Waals surface area (Å²) in [5.74, 6) is -4.43. The Balaban J connectivity index is 1.57. The molecular weight excluding hydrogens is 515 g/mol. The summed E-state index contributed by atoms with van der Waals surface area (Å²) in [7, 11) is 1.36. The van der Waals surface area contributed by atoms with E-state index >= 15 is 8.78 Å². The average molecular weight is 538 g/mol. The van der Waals surface area contributed by atoms with Crippen molar-refractivity contribution in [3.63, 3.8) is 0 Å². The molecule has 2 saturated heterocycles. The van der Waals surface area contributed by atoms with Crippen molar-refractivity contribution in [3.8, 4) is 17.0 Å². The molecule has 2 atom stereocenters. The van der Waals surface area contributed by atoms with Crippen LogP contribution in [0.25, 0.3) is 27.7 Å². The molecule has 3 aromatic heterocycles. The lowest BCUT2D eigenvalue weighted by Gasteiger charge is -2.34. The number of halogens is 5. The number of nitrogen functional groups attached to an aromatic ring is 1. The van der Waals surface area contributed by atoms with Crippen LogP contribution in [0, 0.1) is 0 Å². The number of nitrogens with zero attached hydrogens (tertiary/aromatic N) is 7. The Hall–Kier alpha value is -3.59. The molecule has 0 unspecified atom stereocenters. The van der Waals surface area contributed by atoms with E-state index < -0.39 is 30.6 Å². The van der Waals surface area contributed by atoms with Crippen molar-refractivity contribution in [1.29, 1.82) is 0 Å². The van der Waals surface area contributed by atoms with Gasteiger partial charge in [0.1, 0.15) is 17.1 Å². The summed E-state index contributed by atoms with van der Waals surface area (Å²) in [5.41, 5.74) is 7.34. The SMILES string of the molecule is COc1nc(N)nn2cc([C@@H]3CN(C4COC4)CC3(F)F)c(-c3ccc4nnn([C@@H](C)C(F)(F)F)c4c3)c12. The highest BCUT2D eigenvalue weighted by atomic mass is 19.4. The van der Waals surface area contributed by atoms with Crippen LogP contribution in [-0.2, 0) is 4.74 Å². The molecule has 202 valence electrons. The van der Waals surface area contributed by atoms with Gasteiger partial charge in [0.25, 0.3) is 5.92 Å². The number of rotatable bonds is 5. The van der Waals surface area contributed by atoms with Crippen molar-refractivity contribution >= 4 is 22.5 Å². The molecule has 1 aromatic carbocycles. The number of hydrogen-bond acceptors (Lipinski definition) is 8. The van der Waals surface area contributed by atoms with Crippen LogP contribution in [0.5, 0.6) is 5.88 Å². The second kappa shape index (κ2) is 8.46. The highest BCUT2D eigenvalue weighted by Gasteiger charge is 2.52. The van der Waals surface area contributed by atoms with Crippen LogP contribution in [0.15, 0.2) is 24.4 Å². The van der Waals surface area contributed by atoms with Gasteiger partial charge in [0.15, 0.2) is 0 Å². The van der Waals surface area contributed by atoms with Gasteiger partial charge in [-0.25, -0.2) is 18.0 Å². The molecule has 2 fully saturated rings. The Labute approximate surface area is 212 Å². The van der Waals surface area contributed by atoms with Crippen molar-refractivity contribution in [1.82, 2.24) is 34.5 Å². The van der Waals surface area contributed by atoms with E-state index in [2.05, 4.69) is 20.4 Å². The van der Waals surface area contributed by atoms with Gasteiger partial charge < -0.3 is 15.2 Å². The van der Waals surface area contributed by atoms with E-state index in [1.54, 1.807) is 11.0 Å². The van der Waals surface area contributed by atoms with Crippen LogP contribution >= 0.6 is 0 Å². The minimum Gasteiger partial charge on any atom is -0.479 e. The van der Waals surface area contributed by atoms with E-state index in [0.29, 0.717) is 24.3 Å². The molecule has 0 radical (unpaired) electrons. The fraction of sp³-hybridized carbons (Fsp3) is 0.478. The molecular formula is C23H23F5N8O2. The number of anilines is 1. The number of ether oxygens (including phenoxy) is 2. The third-order valence-electron chi connectivity index (χ3n) is 7.29. The van der Waals surface area contributed by atoms with Crippen LogP contribution in [-0.4, -0.2) is 86.0 Å². The number of likely N-dealkylation sites (tertiary alicyclic amines) is 1. The molecule has 5 heterocycles. The third-order valence-corrected chi connectivity index (χ3v) is 7.29. The van der Waals surface area contributed by atoms with Crippen LogP contribution in [0.4, 0.5) is 27.9 Å². The molecule has 15 heteroatoms. The Morgan fingerprint density at radius 1 is 1.24 bits per heavy atom. The topological polar surface area (TPSA) is 109 Å². The molecule has 0 aliphatic carbocycles. The first-order chi connectivity index (χ1) is 18.0. The number of alkyl halides is 5. The van der Waals surface area contributed by atoms with Crippen LogP contribution < -0.4 is 10.5 Å². The van der Waals surface area contributed by atoms with Crippen molar-refractivity contribution in [3.05, 3.63) is 30.0 Å². The van der Waals surface area contributed by atoms with E-state index in [1.165, 1.54) is 30.0 Å².